The fourth-order valence-corrected chi connectivity index (χ4v) is 4.38. The first-order valence-electron chi connectivity index (χ1n) is 10.6. The quantitative estimate of drug-likeness (QED) is 0.636. The van der Waals surface area contributed by atoms with Crippen molar-refractivity contribution in [1.82, 2.24) is 14.7 Å². The van der Waals surface area contributed by atoms with Crippen molar-refractivity contribution in [3.8, 4) is 11.4 Å². The first-order chi connectivity index (χ1) is 15.4. The van der Waals surface area contributed by atoms with Gasteiger partial charge in [0.25, 0.3) is 11.8 Å². The largest absolute Gasteiger partial charge is 0.476 e. The molecule has 0 saturated carbocycles. The lowest BCUT2D eigenvalue weighted by Gasteiger charge is -2.34. The van der Waals surface area contributed by atoms with Gasteiger partial charge in [0.2, 0.25) is 0 Å². The van der Waals surface area contributed by atoms with Gasteiger partial charge in [-0.25, -0.2) is 9.07 Å². The zero-order chi connectivity index (χ0) is 22.4. The molecular weight excluding hydrogens is 411 g/mol. The smallest absolute Gasteiger partial charge is 0.279 e. The Morgan fingerprint density at radius 1 is 1.09 bits per heavy atom. The van der Waals surface area contributed by atoms with E-state index in [1.165, 1.54) is 17.0 Å². The maximum absolute atomic E-state index is 13.8. The summed E-state index contributed by atoms with van der Waals surface area (Å²) in [6, 6.07) is 13.3. The van der Waals surface area contributed by atoms with E-state index in [1.54, 1.807) is 47.9 Å². The van der Waals surface area contributed by atoms with Crippen LogP contribution in [0.15, 0.2) is 48.5 Å². The minimum atomic E-state index is -0.795. The number of aromatic nitrogens is 2. The highest BCUT2D eigenvalue weighted by atomic mass is 19.1. The number of anilines is 1. The number of carbonyl (C=O) groups excluding carboxylic acids is 2. The molecule has 1 aliphatic carbocycles. The van der Waals surface area contributed by atoms with Crippen molar-refractivity contribution < 1.29 is 18.7 Å². The Labute approximate surface area is 185 Å². The molecule has 2 heterocycles. The number of hydrogen-bond acceptors (Lipinski definition) is 4. The summed E-state index contributed by atoms with van der Waals surface area (Å²) in [4.78, 5) is 29.4. The van der Waals surface area contributed by atoms with Gasteiger partial charge in [0.15, 0.2) is 11.8 Å². The Bertz CT molecular complexity index is 1200. The number of benzene rings is 2. The van der Waals surface area contributed by atoms with Crippen LogP contribution in [0.5, 0.6) is 5.75 Å². The van der Waals surface area contributed by atoms with Crippen molar-refractivity contribution in [3.63, 3.8) is 0 Å². The molecule has 1 atom stereocenters. The van der Waals surface area contributed by atoms with E-state index in [2.05, 4.69) is 5.10 Å². The molecule has 0 N–H and O–H groups in total. The van der Waals surface area contributed by atoms with Gasteiger partial charge in [0.05, 0.1) is 17.9 Å². The van der Waals surface area contributed by atoms with Crippen LogP contribution in [0.4, 0.5) is 10.1 Å². The fraction of sp³-hybridized carbons (Fsp3) is 0.292. The van der Waals surface area contributed by atoms with Crippen LogP contribution in [-0.2, 0) is 17.6 Å². The van der Waals surface area contributed by atoms with E-state index in [0.29, 0.717) is 22.8 Å². The number of ether oxygens (including phenoxy) is 1. The number of likely N-dealkylation sites (N-methyl/N-ethyl adjacent to an activating group) is 1. The number of rotatable bonds is 3. The summed E-state index contributed by atoms with van der Waals surface area (Å²) in [6.45, 7) is 0.102. The average molecular weight is 434 g/mol. The molecule has 2 amide bonds. The van der Waals surface area contributed by atoms with Crippen molar-refractivity contribution in [2.45, 2.75) is 25.4 Å². The van der Waals surface area contributed by atoms with Crippen LogP contribution in [0, 0.1) is 5.82 Å². The van der Waals surface area contributed by atoms with Crippen LogP contribution in [0.2, 0.25) is 0 Å². The van der Waals surface area contributed by atoms with Crippen LogP contribution in [0.25, 0.3) is 5.69 Å². The molecule has 1 aliphatic heterocycles. The molecule has 0 unspecified atom stereocenters. The van der Waals surface area contributed by atoms with Gasteiger partial charge in [-0.1, -0.05) is 12.1 Å². The van der Waals surface area contributed by atoms with Crippen molar-refractivity contribution in [1.29, 1.82) is 0 Å². The topological polar surface area (TPSA) is 67.7 Å². The maximum atomic E-state index is 13.8. The summed E-state index contributed by atoms with van der Waals surface area (Å²) < 4.78 is 21.1. The van der Waals surface area contributed by atoms with Crippen molar-refractivity contribution in [2.75, 3.05) is 25.5 Å². The molecule has 0 fully saturated rings. The summed E-state index contributed by atoms with van der Waals surface area (Å²) in [5, 5.41) is 4.65. The zero-order valence-electron chi connectivity index (χ0n) is 17.9. The maximum Gasteiger partial charge on any atom is 0.279 e. The zero-order valence-corrected chi connectivity index (χ0v) is 17.9. The second-order valence-electron chi connectivity index (χ2n) is 8.24. The predicted octanol–water partition coefficient (Wildman–Crippen LogP) is 3.00. The summed E-state index contributed by atoms with van der Waals surface area (Å²) in [5.74, 6) is -0.312. The molecule has 164 valence electrons. The number of para-hydroxylation sites is 2. The summed E-state index contributed by atoms with van der Waals surface area (Å²) in [7, 11) is 3.32. The standard InChI is InChI=1S/C24H23FN4O3/c1-27(2)23(30)21-14-28(19-7-3-4-9-20(19)32-21)24(31)22-17-6-5-8-18(17)29(26-22)16-12-10-15(25)11-13-16/h3-4,7,9-13,21H,5-6,8,14H2,1-2H3/t21-/m0/s1. The molecule has 32 heavy (non-hydrogen) atoms. The van der Waals surface area contributed by atoms with Gasteiger partial charge in [0, 0.05) is 25.4 Å². The lowest BCUT2D eigenvalue weighted by Crippen LogP contribution is -2.50. The first-order valence-corrected chi connectivity index (χ1v) is 10.6. The van der Waals surface area contributed by atoms with Gasteiger partial charge in [0.1, 0.15) is 11.6 Å². The van der Waals surface area contributed by atoms with Crippen molar-refractivity contribution in [3.05, 3.63) is 71.3 Å². The molecule has 0 saturated heterocycles. The lowest BCUT2D eigenvalue weighted by atomic mass is 10.1. The molecule has 3 aromatic rings. The number of amides is 2. The van der Waals surface area contributed by atoms with E-state index in [9.17, 15) is 14.0 Å². The third kappa shape index (κ3) is 3.32. The SMILES string of the molecule is CN(C)C(=O)[C@@H]1CN(C(=O)c2nn(-c3ccc(F)cc3)c3c2CCC3)c2ccccc2O1. The minimum Gasteiger partial charge on any atom is -0.476 e. The molecule has 0 spiro atoms. The Morgan fingerprint density at radius 3 is 2.59 bits per heavy atom. The number of nitrogens with zero attached hydrogens (tertiary/aromatic N) is 4. The Balaban J connectivity index is 1.56. The van der Waals surface area contributed by atoms with Gasteiger partial charge < -0.3 is 9.64 Å². The van der Waals surface area contributed by atoms with Crippen LogP contribution < -0.4 is 9.64 Å². The molecule has 2 aromatic carbocycles. The lowest BCUT2D eigenvalue weighted by molar-refractivity contribution is -0.135. The Hall–Kier alpha value is -3.68. The van der Waals surface area contributed by atoms with E-state index in [1.807, 2.05) is 12.1 Å². The van der Waals surface area contributed by atoms with Gasteiger partial charge in [-0.15, -0.1) is 0 Å². The second kappa shape index (κ2) is 7.78. The summed E-state index contributed by atoms with van der Waals surface area (Å²) in [6.07, 6.45) is 1.69. The number of fused-ring (bicyclic) bond motifs is 2. The van der Waals surface area contributed by atoms with Crippen LogP contribution >= 0.6 is 0 Å². The van der Waals surface area contributed by atoms with E-state index in [-0.39, 0.29) is 24.2 Å². The molecular formula is C24H23FN4O3. The number of carbonyl (C=O) groups is 2. The molecule has 1 aromatic heterocycles. The van der Waals surface area contributed by atoms with Gasteiger partial charge in [-0.3, -0.25) is 14.5 Å². The highest BCUT2D eigenvalue weighted by Crippen LogP contribution is 2.36. The highest BCUT2D eigenvalue weighted by Gasteiger charge is 2.37. The van der Waals surface area contributed by atoms with Gasteiger partial charge >= 0.3 is 0 Å². The number of halogens is 1. The van der Waals surface area contributed by atoms with E-state index >= 15 is 0 Å². The monoisotopic (exact) mass is 434 g/mol. The molecule has 7 nitrogen and oxygen atoms in total. The third-order valence-corrected chi connectivity index (χ3v) is 5.94. The molecule has 8 heteroatoms. The van der Waals surface area contributed by atoms with Crippen LogP contribution in [-0.4, -0.2) is 53.2 Å². The van der Waals surface area contributed by atoms with Gasteiger partial charge in [-0.2, -0.15) is 5.10 Å². The Kier molecular flexibility index (Phi) is 4.92. The van der Waals surface area contributed by atoms with Crippen LogP contribution in [0.3, 0.4) is 0 Å². The molecule has 0 radical (unpaired) electrons. The minimum absolute atomic E-state index is 0.102. The first kappa shape index (κ1) is 20.2. The second-order valence-corrected chi connectivity index (χ2v) is 8.24. The average Bonchev–Trinajstić information content (AvgIpc) is 3.41. The normalized spacial score (nSPS) is 16.8. The van der Waals surface area contributed by atoms with E-state index in [0.717, 1.165) is 30.5 Å². The Morgan fingerprint density at radius 2 is 1.84 bits per heavy atom. The predicted molar refractivity (Wildman–Crippen MR) is 117 cm³/mol. The van der Waals surface area contributed by atoms with E-state index < -0.39 is 6.10 Å². The fourth-order valence-electron chi connectivity index (χ4n) is 4.38. The molecule has 5 rings (SSSR count). The van der Waals surface area contributed by atoms with Crippen molar-refractivity contribution >= 4 is 17.5 Å². The summed E-state index contributed by atoms with van der Waals surface area (Å²) >= 11 is 0. The van der Waals surface area contributed by atoms with Crippen molar-refractivity contribution in [2.24, 2.45) is 0 Å². The molecule has 0 bridgehead atoms. The van der Waals surface area contributed by atoms with E-state index in [4.69, 9.17) is 4.74 Å². The summed E-state index contributed by atoms with van der Waals surface area (Å²) in [5.41, 5.74) is 3.59. The molecule has 2 aliphatic rings. The van der Waals surface area contributed by atoms with Crippen LogP contribution in [0.1, 0.15) is 28.2 Å². The van der Waals surface area contributed by atoms with Gasteiger partial charge in [-0.05, 0) is 55.7 Å². The third-order valence-electron chi connectivity index (χ3n) is 5.94. The highest BCUT2D eigenvalue weighted by molar-refractivity contribution is 6.07. The number of hydrogen-bond donors (Lipinski definition) is 0.